The molecule has 3 heterocycles. The summed E-state index contributed by atoms with van der Waals surface area (Å²) in [5, 5.41) is 8.45. The van der Waals surface area contributed by atoms with Crippen LogP contribution >= 0.6 is 11.3 Å². The van der Waals surface area contributed by atoms with Crippen molar-refractivity contribution in [2.45, 2.75) is 0 Å². The molecule has 186 valence electrons. The molecule has 0 fully saturated rings. The molecule has 9 aromatic rings. The largest absolute Gasteiger partial charge is 0.455 e. The van der Waals surface area contributed by atoms with Gasteiger partial charge in [-0.2, -0.15) is 0 Å². The van der Waals surface area contributed by atoms with Gasteiger partial charge in [0.05, 0.1) is 11.2 Å². The first-order valence-electron chi connectivity index (χ1n) is 13.5. The maximum absolute atomic E-state index is 6.55. The van der Waals surface area contributed by atoms with Crippen LogP contribution in [0.4, 0.5) is 0 Å². The van der Waals surface area contributed by atoms with Crippen LogP contribution in [0.2, 0.25) is 0 Å². The molecule has 0 saturated carbocycles. The van der Waals surface area contributed by atoms with E-state index in [9.17, 15) is 0 Å². The van der Waals surface area contributed by atoms with Crippen LogP contribution < -0.4 is 0 Å². The zero-order valence-corrected chi connectivity index (χ0v) is 22.2. The Morgan fingerprint density at radius 3 is 2.15 bits per heavy atom. The summed E-state index contributed by atoms with van der Waals surface area (Å²) in [6, 6.07) is 45.1. The maximum Gasteiger partial charge on any atom is 0.143 e. The molecule has 0 N–H and O–H groups in total. The van der Waals surface area contributed by atoms with Crippen molar-refractivity contribution in [1.29, 1.82) is 0 Å². The van der Waals surface area contributed by atoms with Gasteiger partial charge in [0.25, 0.3) is 0 Å². The SMILES string of the molecule is c1ccc(-c2nc3ccccc3c3c2cc(-c2cccc4c2oc2ccccc24)c2sc4ccccc4c23)cc1. The molecule has 0 radical (unpaired) electrons. The van der Waals surface area contributed by atoms with E-state index >= 15 is 0 Å². The van der Waals surface area contributed by atoms with Crippen LogP contribution in [0, 0.1) is 0 Å². The van der Waals surface area contributed by atoms with Crippen molar-refractivity contribution < 1.29 is 4.42 Å². The average Bonchev–Trinajstić information content (AvgIpc) is 3.60. The zero-order valence-electron chi connectivity index (χ0n) is 21.4. The molecule has 3 aromatic heterocycles. The molecule has 0 aliphatic rings. The summed E-state index contributed by atoms with van der Waals surface area (Å²) in [6.07, 6.45) is 0. The molecule has 2 nitrogen and oxygen atoms in total. The van der Waals surface area contributed by atoms with Gasteiger partial charge in [-0.05, 0) is 24.3 Å². The highest BCUT2D eigenvalue weighted by Crippen LogP contribution is 2.49. The molecule has 0 saturated heterocycles. The Hall–Kier alpha value is -4.99. The third kappa shape index (κ3) is 3.01. The second-order valence-corrected chi connectivity index (χ2v) is 11.3. The number of benzene rings is 6. The second-order valence-electron chi connectivity index (χ2n) is 10.3. The summed E-state index contributed by atoms with van der Waals surface area (Å²) in [7, 11) is 0. The number of para-hydroxylation sites is 3. The van der Waals surface area contributed by atoms with E-state index < -0.39 is 0 Å². The van der Waals surface area contributed by atoms with E-state index in [0.717, 1.165) is 49.7 Å². The topological polar surface area (TPSA) is 26.0 Å². The Balaban J connectivity index is 1.54. The van der Waals surface area contributed by atoms with Crippen molar-refractivity contribution in [3.63, 3.8) is 0 Å². The minimum Gasteiger partial charge on any atom is -0.455 e. The average molecular weight is 528 g/mol. The lowest BCUT2D eigenvalue weighted by molar-refractivity contribution is 0.670. The van der Waals surface area contributed by atoms with E-state index in [1.54, 1.807) is 0 Å². The van der Waals surface area contributed by atoms with Crippen LogP contribution in [0.25, 0.3) is 86.2 Å². The van der Waals surface area contributed by atoms with Crippen molar-refractivity contribution in [2.24, 2.45) is 0 Å². The summed E-state index contributed by atoms with van der Waals surface area (Å²) in [5.41, 5.74) is 7.27. The molecular formula is C37H21NOS. The molecule has 0 amide bonds. The summed E-state index contributed by atoms with van der Waals surface area (Å²) in [5.74, 6) is 0. The molecule has 0 bridgehead atoms. The van der Waals surface area contributed by atoms with E-state index in [2.05, 4.69) is 121 Å². The zero-order chi connectivity index (χ0) is 26.2. The van der Waals surface area contributed by atoms with Gasteiger partial charge in [0.1, 0.15) is 11.2 Å². The fourth-order valence-electron chi connectivity index (χ4n) is 6.31. The normalized spacial score (nSPS) is 12.0. The highest BCUT2D eigenvalue weighted by atomic mass is 32.1. The van der Waals surface area contributed by atoms with Gasteiger partial charge in [-0.15, -0.1) is 11.3 Å². The predicted octanol–water partition coefficient (Wildman–Crippen LogP) is 11.0. The number of thiophene rings is 1. The Morgan fingerprint density at radius 2 is 1.25 bits per heavy atom. The minimum absolute atomic E-state index is 0.913. The molecule has 0 aliphatic heterocycles. The monoisotopic (exact) mass is 527 g/mol. The summed E-state index contributed by atoms with van der Waals surface area (Å²) in [6.45, 7) is 0. The van der Waals surface area contributed by atoms with Crippen molar-refractivity contribution >= 4 is 75.1 Å². The first-order valence-corrected chi connectivity index (χ1v) is 14.3. The van der Waals surface area contributed by atoms with Crippen LogP contribution in [0.15, 0.2) is 132 Å². The molecular weight excluding hydrogens is 506 g/mol. The first-order chi connectivity index (χ1) is 19.8. The van der Waals surface area contributed by atoms with Gasteiger partial charge >= 0.3 is 0 Å². The van der Waals surface area contributed by atoms with Crippen molar-refractivity contribution in [2.75, 3.05) is 0 Å². The fourth-order valence-corrected chi connectivity index (χ4v) is 7.54. The lowest BCUT2D eigenvalue weighted by atomic mass is 9.91. The summed E-state index contributed by atoms with van der Waals surface area (Å²) in [4.78, 5) is 5.26. The quantitative estimate of drug-likeness (QED) is 0.209. The third-order valence-corrected chi connectivity index (χ3v) is 9.25. The van der Waals surface area contributed by atoms with Crippen LogP contribution in [0.3, 0.4) is 0 Å². The van der Waals surface area contributed by atoms with Crippen LogP contribution in [-0.4, -0.2) is 4.98 Å². The Labute approximate surface area is 233 Å². The number of nitrogens with zero attached hydrogens (tertiary/aromatic N) is 1. The number of fused-ring (bicyclic) bond motifs is 10. The molecule has 40 heavy (non-hydrogen) atoms. The minimum atomic E-state index is 0.913. The number of hydrogen-bond donors (Lipinski definition) is 0. The number of aromatic nitrogens is 1. The standard InChI is InChI=1S/C37H21NOS/c1-2-11-22(12-3-1)35-29-21-28(25-17-10-16-24-23-13-5-8-19-31(23)39-36(24)25)37-34(27-15-6-9-20-32(27)40-37)33(29)26-14-4-7-18-30(26)38-35/h1-21H. The molecule has 6 aromatic carbocycles. The molecule has 0 aliphatic carbocycles. The third-order valence-electron chi connectivity index (χ3n) is 8.05. The van der Waals surface area contributed by atoms with Crippen molar-refractivity contribution in [1.82, 2.24) is 4.98 Å². The molecule has 0 spiro atoms. The van der Waals surface area contributed by atoms with Crippen molar-refractivity contribution in [3.05, 3.63) is 127 Å². The number of furan rings is 1. The van der Waals surface area contributed by atoms with E-state index in [0.29, 0.717) is 0 Å². The lowest BCUT2D eigenvalue weighted by Crippen LogP contribution is -1.92. The molecule has 0 atom stereocenters. The van der Waals surface area contributed by atoms with E-state index in [-0.39, 0.29) is 0 Å². The smallest absolute Gasteiger partial charge is 0.143 e. The lowest BCUT2D eigenvalue weighted by Gasteiger charge is -2.14. The van der Waals surface area contributed by atoms with Gasteiger partial charge in [-0.3, -0.25) is 0 Å². The van der Waals surface area contributed by atoms with Gasteiger partial charge in [0, 0.05) is 63.8 Å². The Kier molecular flexibility index (Phi) is 4.52. The fraction of sp³-hybridized carbons (Fsp3) is 0. The van der Waals surface area contributed by atoms with Gasteiger partial charge in [0.2, 0.25) is 0 Å². The molecule has 3 heteroatoms. The van der Waals surface area contributed by atoms with Crippen LogP contribution in [0.1, 0.15) is 0 Å². The second kappa shape index (κ2) is 8.25. The summed E-state index contributed by atoms with van der Waals surface area (Å²) >= 11 is 1.86. The van der Waals surface area contributed by atoms with Gasteiger partial charge in [-0.25, -0.2) is 4.98 Å². The molecule has 9 rings (SSSR count). The number of hydrogen-bond acceptors (Lipinski definition) is 3. The number of rotatable bonds is 2. The molecule has 0 unspecified atom stereocenters. The van der Waals surface area contributed by atoms with Crippen LogP contribution in [-0.2, 0) is 0 Å². The van der Waals surface area contributed by atoms with E-state index in [1.807, 2.05) is 17.4 Å². The van der Waals surface area contributed by atoms with Gasteiger partial charge in [-0.1, -0.05) is 103 Å². The highest BCUT2D eigenvalue weighted by Gasteiger charge is 2.22. The maximum atomic E-state index is 6.55. The Bertz CT molecular complexity index is 2430. The predicted molar refractivity (Wildman–Crippen MR) is 170 cm³/mol. The van der Waals surface area contributed by atoms with E-state index in [1.165, 1.54) is 36.5 Å². The first kappa shape index (κ1) is 21.9. The van der Waals surface area contributed by atoms with Crippen molar-refractivity contribution in [3.8, 4) is 22.4 Å². The number of pyridine rings is 1. The van der Waals surface area contributed by atoms with Crippen LogP contribution in [0.5, 0.6) is 0 Å². The Morgan fingerprint density at radius 1 is 0.525 bits per heavy atom. The van der Waals surface area contributed by atoms with E-state index in [4.69, 9.17) is 9.40 Å². The highest BCUT2D eigenvalue weighted by molar-refractivity contribution is 7.26. The summed E-state index contributed by atoms with van der Waals surface area (Å²) < 4.78 is 9.10. The van der Waals surface area contributed by atoms with Gasteiger partial charge < -0.3 is 4.42 Å². The van der Waals surface area contributed by atoms with Gasteiger partial charge in [0.15, 0.2) is 0 Å².